The number of hydrogen-bond donors (Lipinski definition) is 1. The van der Waals surface area contributed by atoms with Crippen LogP contribution in [-0.2, 0) is 16.9 Å². The van der Waals surface area contributed by atoms with Crippen LogP contribution >= 0.6 is 0 Å². The SMILES string of the molecule is N#Cc1ccccc1CN1C(=O)N[C@@]2(CCOc3ccccc32)C1=O. The number of fused-ring (bicyclic) bond motifs is 2. The van der Waals surface area contributed by atoms with E-state index in [4.69, 9.17) is 4.74 Å². The number of nitrogens with zero attached hydrogens (tertiary/aromatic N) is 2. The van der Waals surface area contributed by atoms with E-state index in [1.807, 2.05) is 12.1 Å². The fraction of sp³-hybridized carbons (Fsp3) is 0.211. The Kier molecular flexibility index (Phi) is 3.43. The lowest BCUT2D eigenvalue weighted by Crippen LogP contribution is -2.47. The second-order valence-electron chi connectivity index (χ2n) is 6.09. The van der Waals surface area contributed by atoms with Crippen LogP contribution in [-0.4, -0.2) is 23.4 Å². The third-order valence-electron chi connectivity index (χ3n) is 4.72. The molecule has 1 atom stereocenters. The fourth-order valence-corrected chi connectivity index (χ4v) is 3.45. The van der Waals surface area contributed by atoms with E-state index in [2.05, 4.69) is 11.4 Å². The Hall–Kier alpha value is -3.33. The van der Waals surface area contributed by atoms with Crippen molar-refractivity contribution in [2.75, 3.05) is 6.61 Å². The molecule has 0 bridgehead atoms. The van der Waals surface area contributed by atoms with Crippen LogP contribution in [0, 0.1) is 11.3 Å². The van der Waals surface area contributed by atoms with Gasteiger partial charge in [-0.2, -0.15) is 5.26 Å². The molecular formula is C19H15N3O3. The topological polar surface area (TPSA) is 82.4 Å². The number of benzene rings is 2. The summed E-state index contributed by atoms with van der Waals surface area (Å²) in [7, 11) is 0. The molecule has 124 valence electrons. The van der Waals surface area contributed by atoms with Crippen molar-refractivity contribution in [1.29, 1.82) is 5.26 Å². The van der Waals surface area contributed by atoms with Gasteiger partial charge in [0.05, 0.1) is 24.8 Å². The minimum atomic E-state index is -1.09. The van der Waals surface area contributed by atoms with E-state index < -0.39 is 11.6 Å². The molecule has 2 aromatic carbocycles. The van der Waals surface area contributed by atoms with Gasteiger partial charge in [0.1, 0.15) is 5.75 Å². The Morgan fingerprint density at radius 2 is 1.92 bits per heavy atom. The number of rotatable bonds is 2. The van der Waals surface area contributed by atoms with Gasteiger partial charge in [0.15, 0.2) is 5.54 Å². The fourth-order valence-electron chi connectivity index (χ4n) is 3.45. The standard InChI is InChI=1S/C19H15N3O3/c20-11-13-5-1-2-6-14(13)12-22-17(23)19(21-18(22)24)9-10-25-16-8-4-3-7-15(16)19/h1-8H,9-10,12H2,(H,21,24)/t19-/m1/s1. The van der Waals surface area contributed by atoms with Gasteiger partial charge in [-0.25, -0.2) is 4.79 Å². The van der Waals surface area contributed by atoms with Crippen molar-refractivity contribution < 1.29 is 14.3 Å². The van der Waals surface area contributed by atoms with Crippen molar-refractivity contribution >= 4 is 11.9 Å². The van der Waals surface area contributed by atoms with E-state index in [0.717, 1.165) is 0 Å². The molecule has 0 aliphatic carbocycles. The lowest BCUT2D eigenvalue weighted by molar-refractivity contribution is -0.133. The second kappa shape index (κ2) is 5.64. The molecule has 1 fully saturated rings. The Labute approximate surface area is 144 Å². The van der Waals surface area contributed by atoms with Gasteiger partial charge < -0.3 is 10.1 Å². The van der Waals surface area contributed by atoms with E-state index in [9.17, 15) is 14.9 Å². The van der Waals surface area contributed by atoms with Crippen LogP contribution in [0.25, 0.3) is 0 Å². The molecule has 1 spiro atoms. The highest BCUT2D eigenvalue weighted by atomic mass is 16.5. The van der Waals surface area contributed by atoms with Crippen LogP contribution < -0.4 is 10.1 Å². The first kappa shape index (κ1) is 15.2. The predicted octanol–water partition coefficient (Wildman–Crippen LogP) is 2.29. The zero-order valence-corrected chi connectivity index (χ0v) is 13.4. The summed E-state index contributed by atoms with van der Waals surface area (Å²) in [5, 5.41) is 12.1. The third-order valence-corrected chi connectivity index (χ3v) is 4.72. The highest BCUT2D eigenvalue weighted by Gasteiger charge is 2.54. The van der Waals surface area contributed by atoms with Crippen LogP contribution in [0.15, 0.2) is 48.5 Å². The van der Waals surface area contributed by atoms with Crippen molar-refractivity contribution in [3.05, 3.63) is 65.2 Å². The third kappa shape index (κ3) is 2.24. The van der Waals surface area contributed by atoms with E-state index in [-0.39, 0.29) is 12.5 Å². The van der Waals surface area contributed by atoms with E-state index in [1.54, 1.807) is 36.4 Å². The van der Waals surface area contributed by atoms with Gasteiger partial charge in [-0.1, -0.05) is 36.4 Å². The summed E-state index contributed by atoms with van der Waals surface area (Å²) >= 11 is 0. The van der Waals surface area contributed by atoms with Gasteiger partial charge in [0.2, 0.25) is 0 Å². The number of para-hydroxylation sites is 1. The molecule has 2 aliphatic rings. The van der Waals surface area contributed by atoms with Crippen molar-refractivity contribution in [1.82, 2.24) is 10.2 Å². The van der Waals surface area contributed by atoms with Crippen molar-refractivity contribution in [3.63, 3.8) is 0 Å². The Morgan fingerprint density at radius 3 is 2.76 bits per heavy atom. The maximum absolute atomic E-state index is 13.2. The summed E-state index contributed by atoms with van der Waals surface area (Å²) in [6.45, 7) is 0.421. The predicted molar refractivity (Wildman–Crippen MR) is 88.5 cm³/mol. The molecule has 1 saturated heterocycles. The first-order chi connectivity index (χ1) is 12.2. The molecule has 2 heterocycles. The maximum Gasteiger partial charge on any atom is 0.325 e. The van der Waals surface area contributed by atoms with Gasteiger partial charge >= 0.3 is 6.03 Å². The minimum absolute atomic E-state index is 0.0686. The van der Waals surface area contributed by atoms with Crippen LogP contribution in [0.3, 0.4) is 0 Å². The number of nitriles is 1. The number of carbonyl (C=O) groups excluding carboxylic acids is 2. The van der Waals surface area contributed by atoms with Gasteiger partial charge in [-0.15, -0.1) is 0 Å². The van der Waals surface area contributed by atoms with E-state index in [1.165, 1.54) is 4.90 Å². The molecule has 0 aromatic heterocycles. The Bertz CT molecular complexity index is 918. The smallest absolute Gasteiger partial charge is 0.325 e. The molecule has 0 saturated carbocycles. The number of carbonyl (C=O) groups is 2. The van der Waals surface area contributed by atoms with E-state index in [0.29, 0.717) is 35.5 Å². The van der Waals surface area contributed by atoms with Crippen molar-refractivity contribution in [2.24, 2.45) is 0 Å². The highest BCUT2D eigenvalue weighted by Crippen LogP contribution is 2.41. The summed E-state index contributed by atoms with van der Waals surface area (Å²) < 4.78 is 5.62. The number of nitrogens with one attached hydrogen (secondary N) is 1. The number of ether oxygens (including phenoxy) is 1. The number of urea groups is 1. The van der Waals surface area contributed by atoms with Crippen LogP contribution in [0.1, 0.15) is 23.1 Å². The molecule has 25 heavy (non-hydrogen) atoms. The van der Waals surface area contributed by atoms with Gasteiger partial charge in [-0.05, 0) is 17.7 Å². The summed E-state index contributed by atoms with van der Waals surface area (Å²) in [6, 6.07) is 15.9. The minimum Gasteiger partial charge on any atom is -0.493 e. The molecular weight excluding hydrogens is 318 g/mol. The van der Waals surface area contributed by atoms with E-state index >= 15 is 0 Å². The first-order valence-electron chi connectivity index (χ1n) is 8.00. The van der Waals surface area contributed by atoms with Gasteiger partial charge in [0.25, 0.3) is 5.91 Å². The zero-order valence-electron chi connectivity index (χ0n) is 13.4. The molecule has 3 amide bonds. The Morgan fingerprint density at radius 1 is 1.16 bits per heavy atom. The quantitative estimate of drug-likeness (QED) is 0.855. The lowest BCUT2D eigenvalue weighted by atomic mass is 9.84. The van der Waals surface area contributed by atoms with Crippen LogP contribution in [0.5, 0.6) is 5.75 Å². The summed E-state index contributed by atoms with van der Waals surface area (Å²) in [6.07, 6.45) is 0.380. The number of hydrogen-bond acceptors (Lipinski definition) is 4. The zero-order chi connectivity index (χ0) is 17.4. The average Bonchev–Trinajstić information content (AvgIpc) is 2.87. The molecule has 0 unspecified atom stereocenters. The number of imide groups is 1. The summed E-state index contributed by atoms with van der Waals surface area (Å²) in [5.74, 6) is 0.308. The largest absolute Gasteiger partial charge is 0.493 e. The van der Waals surface area contributed by atoms with Crippen molar-refractivity contribution in [2.45, 2.75) is 18.5 Å². The molecule has 1 N–H and O–H groups in total. The Balaban J connectivity index is 1.72. The maximum atomic E-state index is 13.2. The normalized spacial score (nSPS) is 21.5. The second-order valence-corrected chi connectivity index (χ2v) is 6.09. The summed E-state index contributed by atoms with van der Waals surface area (Å²) in [5.41, 5.74) is 0.686. The van der Waals surface area contributed by atoms with Crippen LogP contribution in [0.2, 0.25) is 0 Å². The van der Waals surface area contributed by atoms with Crippen LogP contribution in [0.4, 0.5) is 4.79 Å². The molecule has 4 rings (SSSR count). The van der Waals surface area contributed by atoms with Gasteiger partial charge in [0, 0.05) is 12.0 Å². The molecule has 2 aromatic rings. The highest BCUT2D eigenvalue weighted by molar-refractivity contribution is 6.07. The molecule has 0 radical (unpaired) electrons. The monoisotopic (exact) mass is 333 g/mol. The molecule has 2 aliphatic heterocycles. The average molecular weight is 333 g/mol. The van der Waals surface area contributed by atoms with Crippen molar-refractivity contribution in [3.8, 4) is 11.8 Å². The molecule has 6 nitrogen and oxygen atoms in total. The number of amides is 3. The summed E-state index contributed by atoms with van der Waals surface area (Å²) in [4.78, 5) is 26.9. The van der Waals surface area contributed by atoms with Gasteiger partial charge in [-0.3, -0.25) is 9.69 Å². The lowest BCUT2D eigenvalue weighted by Gasteiger charge is -2.33. The molecule has 6 heteroatoms. The first-order valence-corrected chi connectivity index (χ1v) is 8.00.